The van der Waals surface area contributed by atoms with Crippen LogP contribution in [0.4, 0.5) is 10.1 Å². The van der Waals surface area contributed by atoms with Gasteiger partial charge in [-0.25, -0.2) is 12.8 Å². The zero-order valence-corrected chi connectivity index (χ0v) is 13.2. The second-order valence-electron chi connectivity index (χ2n) is 4.69. The maximum Gasteiger partial charge on any atom is 0.261 e. The lowest BCUT2D eigenvalue weighted by Gasteiger charge is -2.11. The molecule has 2 N–H and O–H groups in total. The first-order valence-corrected chi connectivity index (χ1v) is 8.09. The van der Waals surface area contributed by atoms with Crippen LogP contribution in [0.1, 0.15) is 20.7 Å². The molecule has 0 radical (unpaired) electrons. The standard InChI is InChI=1S/C15H13FN2O5S/c1-17-14(19)9-2-4-10(5-3-9)18-24(22,23)11-6-7-13(16)12(8-11)15(20)21/h2-8,18H,1H3,(H,17,19)(H,20,21)/p-1. The van der Waals surface area contributed by atoms with Gasteiger partial charge in [0.1, 0.15) is 5.82 Å². The van der Waals surface area contributed by atoms with Crippen molar-refractivity contribution in [3.8, 4) is 0 Å². The molecule has 0 aliphatic carbocycles. The summed E-state index contributed by atoms with van der Waals surface area (Å²) >= 11 is 0. The molecule has 0 aromatic heterocycles. The van der Waals surface area contributed by atoms with Crippen LogP contribution < -0.4 is 15.1 Å². The topological polar surface area (TPSA) is 115 Å². The first kappa shape index (κ1) is 17.4. The van der Waals surface area contributed by atoms with Crippen LogP contribution in [0.3, 0.4) is 0 Å². The zero-order chi connectivity index (χ0) is 17.9. The fourth-order valence-corrected chi connectivity index (χ4v) is 2.96. The average molecular weight is 351 g/mol. The van der Waals surface area contributed by atoms with Gasteiger partial charge in [0.05, 0.1) is 10.9 Å². The molecule has 1 amide bonds. The number of aromatic carboxylic acids is 1. The molecule has 0 heterocycles. The fraction of sp³-hybridized carbons (Fsp3) is 0.0667. The first-order chi connectivity index (χ1) is 11.2. The lowest BCUT2D eigenvalue weighted by Crippen LogP contribution is -2.24. The second kappa shape index (κ2) is 6.67. The van der Waals surface area contributed by atoms with Gasteiger partial charge in [-0.3, -0.25) is 9.52 Å². The molecule has 2 aromatic carbocycles. The molecule has 2 rings (SSSR count). The van der Waals surface area contributed by atoms with Crippen molar-refractivity contribution in [1.29, 1.82) is 0 Å². The summed E-state index contributed by atoms with van der Waals surface area (Å²) in [6, 6.07) is 7.89. The molecule has 0 spiro atoms. The van der Waals surface area contributed by atoms with Crippen LogP contribution in [0, 0.1) is 5.82 Å². The smallest absolute Gasteiger partial charge is 0.261 e. The van der Waals surface area contributed by atoms with E-state index < -0.39 is 32.3 Å². The summed E-state index contributed by atoms with van der Waals surface area (Å²) in [5.41, 5.74) is -0.365. The predicted molar refractivity (Wildman–Crippen MR) is 81.4 cm³/mol. The molecule has 0 saturated carbocycles. The van der Waals surface area contributed by atoms with E-state index in [2.05, 4.69) is 10.0 Å². The molecule has 2 aromatic rings. The molecular formula is C15H12FN2O5S-. The van der Waals surface area contributed by atoms with Crippen molar-refractivity contribution in [2.75, 3.05) is 11.8 Å². The maximum absolute atomic E-state index is 13.3. The van der Waals surface area contributed by atoms with E-state index in [1.807, 2.05) is 0 Å². The highest BCUT2D eigenvalue weighted by atomic mass is 32.2. The Morgan fingerprint density at radius 3 is 2.25 bits per heavy atom. The zero-order valence-electron chi connectivity index (χ0n) is 12.4. The van der Waals surface area contributed by atoms with Crippen molar-refractivity contribution >= 4 is 27.6 Å². The van der Waals surface area contributed by atoms with Crippen LogP contribution in [-0.4, -0.2) is 27.3 Å². The van der Waals surface area contributed by atoms with Gasteiger partial charge in [0, 0.05) is 23.9 Å². The summed E-state index contributed by atoms with van der Waals surface area (Å²) in [5.74, 6) is -3.25. The fourth-order valence-electron chi connectivity index (χ4n) is 1.88. The van der Waals surface area contributed by atoms with E-state index in [4.69, 9.17) is 0 Å². The van der Waals surface area contributed by atoms with Gasteiger partial charge in [-0.1, -0.05) is 0 Å². The molecule has 24 heavy (non-hydrogen) atoms. The Kier molecular flexibility index (Phi) is 4.84. The van der Waals surface area contributed by atoms with Crippen molar-refractivity contribution < 1.29 is 27.5 Å². The van der Waals surface area contributed by atoms with Gasteiger partial charge in [0.2, 0.25) is 0 Å². The SMILES string of the molecule is CNC(=O)c1ccc(NS(=O)(=O)c2ccc(F)c(C(=O)[O-])c2)cc1. The van der Waals surface area contributed by atoms with Gasteiger partial charge in [0.25, 0.3) is 15.9 Å². The molecule has 0 fully saturated rings. The third-order valence-corrected chi connectivity index (χ3v) is 4.47. The molecule has 0 unspecified atom stereocenters. The number of anilines is 1. The van der Waals surface area contributed by atoms with Crippen LogP contribution in [0.5, 0.6) is 0 Å². The van der Waals surface area contributed by atoms with Crippen molar-refractivity contribution in [2.24, 2.45) is 0 Å². The number of nitrogens with one attached hydrogen (secondary N) is 2. The van der Waals surface area contributed by atoms with Crippen molar-refractivity contribution in [2.45, 2.75) is 4.90 Å². The third kappa shape index (κ3) is 3.69. The van der Waals surface area contributed by atoms with E-state index in [-0.39, 0.29) is 11.6 Å². The molecule has 0 atom stereocenters. The Bertz CT molecular complexity index is 895. The molecule has 126 valence electrons. The van der Waals surface area contributed by atoms with Crippen LogP contribution in [0.25, 0.3) is 0 Å². The lowest BCUT2D eigenvalue weighted by molar-refractivity contribution is -0.255. The van der Waals surface area contributed by atoms with Crippen LogP contribution >= 0.6 is 0 Å². The van der Waals surface area contributed by atoms with Gasteiger partial charge in [-0.15, -0.1) is 0 Å². The number of hydrogen-bond donors (Lipinski definition) is 2. The van der Waals surface area contributed by atoms with Crippen molar-refractivity contribution in [3.63, 3.8) is 0 Å². The number of amides is 1. The largest absolute Gasteiger partial charge is 0.545 e. The van der Waals surface area contributed by atoms with E-state index in [0.717, 1.165) is 12.1 Å². The number of benzene rings is 2. The molecular weight excluding hydrogens is 339 g/mol. The Morgan fingerprint density at radius 1 is 1.08 bits per heavy atom. The van der Waals surface area contributed by atoms with E-state index in [9.17, 15) is 27.5 Å². The van der Waals surface area contributed by atoms with E-state index in [1.54, 1.807) is 0 Å². The average Bonchev–Trinajstić information content (AvgIpc) is 2.54. The van der Waals surface area contributed by atoms with Gasteiger partial charge < -0.3 is 15.2 Å². The van der Waals surface area contributed by atoms with E-state index in [0.29, 0.717) is 11.6 Å². The number of rotatable bonds is 5. The predicted octanol–water partition coefficient (Wildman–Crippen LogP) is 0.350. The molecule has 9 heteroatoms. The minimum atomic E-state index is -4.13. The van der Waals surface area contributed by atoms with E-state index in [1.165, 1.54) is 31.3 Å². The highest BCUT2D eigenvalue weighted by Crippen LogP contribution is 2.19. The van der Waals surface area contributed by atoms with Crippen molar-refractivity contribution in [3.05, 3.63) is 59.4 Å². The quantitative estimate of drug-likeness (QED) is 0.806. The summed E-state index contributed by atoms with van der Waals surface area (Å²) in [7, 11) is -2.67. The van der Waals surface area contributed by atoms with Crippen molar-refractivity contribution in [1.82, 2.24) is 5.32 Å². The summed E-state index contributed by atoms with van der Waals surface area (Å²) < 4.78 is 40.0. The Hall–Kier alpha value is -2.94. The van der Waals surface area contributed by atoms with Gasteiger partial charge >= 0.3 is 0 Å². The van der Waals surface area contributed by atoms with Crippen LogP contribution in [0.15, 0.2) is 47.4 Å². The van der Waals surface area contributed by atoms with E-state index >= 15 is 0 Å². The highest BCUT2D eigenvalue weighted by Gasteiger charge is 2.17. The number of carboxylic acids is 1. The normalized spacial score (nSPS) is 10.9. The van der Waals surface area contributed by atoms with Gasteiger partial charge in [-0.05, 0) is 42.5 Å². The van der Waals surface area contributed by atoms with Crippen LogP contribution in [0.2, 0.25) is 0 Å². The Balaban J connectivity index is 2.30. The van der Waals surface area contributed by atoms with Gasteiger partial charge in [0.15, 0.2) is 0 Å². The number of hydrogen-bond acceptors (Lipinski definition) is 5. The summed E-state index contributed by atoms with van der Waals surface area (Å²) in [6.07, 6.45) is 0. The number of halogens is 1. The molecule has 0 saturated heterocycles. The van der Waals surface area contributed by atoms with Crippen LogP contribution in [-0.2, 0) is 10.0 Å². The minimum Gasteiger partial charge on any atom is -0.545 e. The molecule has 0 aliphatic rings. The number of sulfonamides is 1. The summed E-state index contributed by atoms with van der Waals surface area (Å²) in [4.78, 5) is 21.8. The summed E-state index contributed by atoms with van der Waals surface area (Å²) in [6.45, 7) is 0. The molecule has 0 bridgehead atoms. The minimum absolute atomic E-state index is 0.155. The number of carboxylic acid groups (broad SMARTS) is 1. The lowest BCUT2D eigenvalue weighted by atomic mass is 10.2. The highest BCUT2D eigenvalue weighted by molar-refractivity contribution is 7.92. The second-order valence-corrected chi connectivity index (χ2v) is 6.37. The van der Waals surface area contributed by atoms with Gasteiger partial charge in [-0.2, -0.15) is 0 Å². The Morgan fingerprint density at radius 2 is 1.71 bits per heavy atom. The summed E-state index contributed by atoms with van der Waals surface area (Å²) in [5, 5.41) is 13.2. The molecule has 0 aliphatic heterocycles. The number of carbonyl (C=O) groups is 2. The maximum atomic E-state index is 13.3. The Labute approximate surface area is 137 Å². The first-order valence-electron chi connectivity index (χ1n) is 6.60. The third-order valence-electron chi connectivity index (χ3n) is 3.09. The monoisotopic (exact) mass is 351 g/mol. The molecule has 7 nitrogen and oxygen atoms in total. The number of carbonyl (C=O) groups excluding carboxylic acids is 2.